The Morgan fingerprint density at radius 1 is 1.53 bits per heavy atom. The molecule has 0 radical (unpaired) electrons. The third-order valence-electron chi connectivity index (χ3n) is 3.12. The van der Waals surface area contributed by atoms with Gasteiger partial charge in [0, 0.05) is 24.4 Å². The third kappa shape index (κ3) is 3.29. The molecule has 0 saturated carbocycles. The number of thiophene rings is 1. The van der Waals surface area contributed by atoms with E-state index in [4.69, 9.17) is 5.73 Å². The smallest absolute Gasteiger partial charge is 0.147 e. The predicted molar refractivity (Wildman–Crippen MR) is 82.7 cm³/mol. The van der Waals surface area contributed by atoms with Crippen LogP contribution in [0.4, 0.5) is 11.5 Å². The van der Waals surface area contributed by atoms with E-state index in [0.29, 0.717) is 6.04 Å². The van der Waals surface area contributed by atoms with Crippen molar-refractivity contribution >= 4 is 22.8 Å². The van der Waals surface area contributed by atoms with Gasteiger partial charge < -0.3 is 11.1 Å². The summed E-state index contributed by atoms with van der Waals surface area (Å²) in [5, 5.41) is 10.1. The van der Waals surface area contributed by atoms with Crippen molar-refractivity contribution in [2.45, 2.75) is 39.2 Å². The first-order valence-electron chi connectivity index (χ1n) is 6.72. The highest BCUT2D eigenvalue weighted by atomic mass is 32.1. The van der Waals surface area contributed by atoms with Crippen molar-refractivity contribution in [2.75, 3.05) is 11.1 Å². The standard InChI is InChI=1S/C14H22N4S/c1-4-6-12-13(15)14(18(3)17-12)16-10(2)9-11-7-5-8-19-11/h5,7-8,10,16H,4,6,9,15H2,1-3H3. The maximum atomic E-state index is 6.17. The van der Waals surface area contributed by atoms with Crippen LogP contribution in [0.3, 0.4) is 0 Å². The van der Waals surface area contributed by atoms with Gasteiger partial charge in [0.15, 0.2) is 0 Å². The van der Waals surface area contributed by atoms with Crippen molar-refractivity contribution in [2.24, 2.45) is 7.05 Å². The summed E-state index contributed by atoms with van der Waals surface area (Å²) in [6.45, 7) is 4.31. The quantitative estimate of drug-likeness (QED) is 0.854. The van der Waals surface area contributed by atoms with E-state index in [1.165, 1.54) is 4.88 Å². The molecule has 4 nitrogen and oxygen atoms in total. The summed E-state index contributed by atoms with van der Waals surface area (Å²) in [6.07, 6.45) is 3.00. The van der Waals surface area contributed by atoms with Crippen LogP contribution in [0.25, 0.3) is 0 Å². The molecule has 0 bridgehead atoms. The summed E-state index contributed by atoms with van der Waals surface area (Å²) < 4.78 is 1.85. The van der Waals surface area contributed by atoms with E-state index in [-0.39, 0.29) is 0 Å². The Bertz CT molecular complexity index is 516. The van der Waals surface area contributed by atoms with Crippen molar-refractivity contribution in [1.29, 1.82) is 0 Å². The Kier molecular flexibility index (Phi) is 4.47. The highest BCUT2D eigenvalue weighted by Gasteiger charge is 2.14. The molecule has 0 saturated heterocycles. The number of rotatable bonds is 6. The molecule has 0 aromatic carbocycles. The Hall–Kier alpha value is -1.49. The zero-order chi connectivity index (χ0) is 13.8. The van der Waals surface area contributed by atoms with E-state index < -0.39 is 0 Å². The SMILES string of the molecule is CCCc1nn(C)c(NC(C)Cc2cccs2)c1N. The number of hydrogen-bond donors (Lipinski definition) is 2. The first kappa shape index (κ1) is 13.9. The van der Waals surface area contributed by atoms with Gasteiger partial charge in [-0.2, -0.15) is 5.10 Å². The number of nitrogens with two attached hydrogens (primary N) is 1. The fourth-order valence-electron chi connectivity index (χ4n) is 2.20. The largest absolute Gasteiger partial charge is 0.394 e. The van der Waals surface area contributed by atoms with Gasteiger partial charge in [-0.15, -0.1) is 11.3 Å². The minimum atomic E-state index is 0.339. The molecule has 2 aromatic heterocycles. The van der Waals surface area contributed by atoms with Gasteiger partial charge in [0.05, 0.1) is 11.4 Å². The molecule has 2 heterocycles. The summed E-state index contributed by atoms with van der Waals surface area (Å²) in [6, 6.07) is 4.59. The summed E-state index contributed by atoms with van der Waals surface area (Å²) in [4.78, 5) is 1.38. The molecule has 0 aliphatic heterocycles. The molecular weight excluding hydrogens is 256 g/mol. The summed E-state index contributed by atoms with van der Waals surface area (Å²) in [5.74, 6) is 0.938. The highest BCUT2D eigenvalue weighted by Crippen LogP contribution is 2.24. The van der Waals surface area contributed by atoms with Gasteiger partial charge in [-0.1, -0.05) is 19.4 Å². The number of nitrogen functional groups attached to an aromatic ring is 1. The van der Waals surface area contributed by atoms with Crippen LogP contribution in [0.5, 0.6) is 0 Å². The van der Waals surface area contributed by atoms with Crippen molar-refractivity contribution in [3.63, 3.8) is 0 Å². The van der Waals surface area contributed by atoms with E-state index in [1.54, 1.807) is 11.3 Å². The number of aryl methyl sites for hydroxylation is 2. The molecule has 0 spiro atoms. The minimum Gasteiger partial charge on any atom is -0.394 e. The summed E-state index contributed by atoms with van der Waals surface area (Å²) in [5.41, 5.74) is 7.96. The lowest BCUT2D eigenvalue weighted by atomic mass is 10.2. The second kappa shape index (κ2) is 6.10. The number of nitrogens with zero attached hydrogens (tertiary/aromatic N) is 2. The molecule has 5 heteroatoms. The van der Waals surface area contributed by atoms with E-state index in [0.717, 1.165) is 36.5 Å². The molecule has 2 aromatic rings. The second-order valence-electron chi connectivity index (χ2n) is 4.91. The maximum absolute atomic E-state index is 6.17. The highest BCUT2D eigenvalue weighted by molar-refractivity contribution is 7.09. The van der Waals surface area contributed by atoms with Gasteiger partial charge >= 0.3 is 0 Å². The van der Waals surface area contributed by atoms with Crippen LogP contribution in [0.2, 0.25) is 0 Å². The fraction of sp³-hybridized carbons (Fsp3) is 0.500. The van der Waals surface area contributed by atoms with E-state index >= 15 is 0 Å². The molecule has 1 atom stereocenters. The molecule has 104 valence electrons. The molecular formula is C14H22N4S. The summed E-state index contributed by atoms with van der Waals surface area (Å²) in [7, 11) is 1.94. The summed E-state index contributed by atoms with van der Waals surface area (Å²) >= 11 is 1.79. The Morgan fingerprint density at radius 3 is 2.95 bits per heavy atom. The molecule has 0 aliphatic rings. The van der Waals surface area contributed by atoms with Gasteiger partial charge in [-0.05, 0) is 24.8 Å². The second-order valence-corrected chi connectivity index (χ2v) is 5.94. The Labute approximate surface area is 118 Å². The Morgan fingerprint density at radius 2 is 2.32 bits per heavy atom. The van der Waals surface area contributed by atoms with Crippen LogP contribution >= 0.6 is 11.3 Å². The van der Waals surface area contributed by atoms with Crippen LogP contribution in [0.1, 0.15) is 30.8 Å². The van der Waals surface area contributed by atoms with Gasteiger partial charge in [0.1, 0.15) is 5.82 Å². The predicted octanol–water partition coefficient (Wildman–Crippen LogP) is 3.06. The average Bonchev–Trinajstić information content (AvgIpc) is 2.94. The third-order valence-corrected chi connectivity index (χ3v) is 4.02. The zero-order valence-electron chi connectivity index (χ0n) is 11.8. The molecule has 2 rings (SSSR count). The topological polar surface area (TPSA) is 55.9 Å². The van der Waals surface area contributed by atoms with Crippen molar-refractivity contribution in [3.05, 3.63) is 28.1 Å². The first-order valence-corrected chi connectivity index (χ1v) is 7.60. The van der Waals surface area contributed by atoms with Crippen molar-refractivity contribution in [1.82, 2.24) is 9.78 Å². The number of aromatic nitrogens is 2. The molecule has 19 heavy (non-hydrogen) atoms. The van der Waals surface area contributed by atoms with Gasteiger partial charge in [-0.3, -0.25) is 4.68 Å². The molecule has 0 amide bonds. The average molecular weight is 278 g/mol. The molecule has 0 fully saturated rings. The number of nitrogens with one attached hydrogen (secondary N) is 1. The van der Waals surface area contributed by atoms with Crippen LogP contribution in [0, 0.1) is 0 Å². The van der Waals surface area contributed by atoms with Gasteiger partial charge in [0.2, 0.25) is 0 Å². The van der Waals surface area contributed by atoms with Gasteiger partial charge in [0.25, 0.3) is 0 Å². The number of hydrogen-bond acceptors (Lipinski definition) is 4. The van der Waals surface area contributed by atoms with Crippen LogP contribution in [-0.4, -0.2) is 15.8 Å². The van der Waals surface area contributed by atoms with Crippen molar-refractivity contribution < 1.29 is 0 Å². The lowest BCUT2D eigenvalue weighted by molar-refractivity contribution is 0.715. The van der Waals surface area contributed by atoms with Crippen LogP contribution in [0.15, 0.2) is 17.5 Å². The maximum Gasteiger partial charge on any atom is 0.147 e. The normalized spacial score (nSPS) is 12.6. The lowest BCUT2D eigenvalue weighted by Crippen LogP contribution is -2.20. The van der Waals surface area contributed by atoms with E-state index in [1.807, 2.05) is 11.7 Å². The zero-order valence-corrected chi connectivity index (χ0v) is 12.6. The fourth-order valence-corrected chi connectivity index (χ4v) is 3.04. The number of anilines is 2. The minimum absolute atomic E-state index is 0.339. The van der Waals surface area contributed by atoms with Gasteiger partial charge in [-0.25, -0.2) is 0 Å². The van der Waals surface area contributed by atoms with Crippen molar-refractivity contribution in [3.8, 4) is 0 Å². The van der Waals surface area contributed by atoms with E-state index in [9.17, 15) is 0 Å². The van der Waals surface area contributed by atoms with E-state index in [2.05, 4.69) is 41.8 Å². The molecule has 0 aliphatic carbocycles. The monoisotopic (exact) mass is 278 g/mol. The molecule has 3 N–H and O–H groups in total. The Balaban J connectivity index is 2.06. The van der Waals surface area contributed by atoms with Crippen LogP contribution < -0.4 is 11.1 Å². The lowest BCUT2D eigenvalue weighted by Gasteiger charge is -2.15. The first-order chi connectivity index (χ1) is 9.11. The van der Waals surface area contributed by atoms with Crippen LogP contribution in [-0.2, 0) is 19.9 Å². The molecule has 1 unspecified atom stereocenters.